The Hall–Kier alpha value is -1.82. The lowest BCUT2D eigenvalue weighted by Gasteiger charge is -2.20. The summed E-state index contributed by atoms with van der Waals surface area (Å²) >= 11 is 5.87. The van der Waals surface area contributed by atoms with E-state index in [1.54, 1.807) is 6.26 Å². The standard InChI is InChI=1S/C12H16ClN5O/c1-12(2,3)18-11-16-9(13)15-10(17-11)14-7-8-5-4-6-19-8/h4-6H,7H2,1-3H3,(H2,14,15,16,17,18). The molecule has 0 spiro atoms. The molecule has 0 saturated heterocycles. The van der Waals surface area contributed by atoms with Crippen molar-refractivity contribution in [1.82, 2.24) is 15.0 Å². The van der Waals surface area contributed by atoms with Gasteiger partial charge in [-0.05, 0) is 44.5 Å². The van der Waals surface area contributed by atoms with Crippen LogP contribution < -0.4 is 10.6 Å². The van der Waals surface area contributed by atoms with Crippen LogP contribution in [0.5, 0.6) is 0 Å². The van der Waals surface area contributed by atoms with Crippen LogP contribution in [0.2, 0.25) is 5.28 Å². The lowest BCUT2D eigenvalue weighted by molar-refractivity contribution is 0.517. The lowest BCUT2D eigenvalue weighted by Crippen LogP contribution is -2.27. The summed E-state index contributed by atoms with van der Waals surface area (Å²) in [6.07, 6.45) is 1.62. The van der Waals surface area contributed by atoms with Gasteiger partial charge in [-0.1, -0.05) is 0 Å². The largest absolute Gasteiger partial charge is 0.467 e. The Bertz CT molecular complexity index is 536. The maximum Gasteiger partial charge on any atom is 0.229 e. The van der Waals surface area contributed by atoms with Crippen molar-refractivity contribution in [3.63, 3.8) is 0 Å². The van der Waals surface area contributed by atoms with Gasteiger partial charge in [0.25, 0.3) is 0 Å². The fraction of sp³-hybridized carbons (Fsp3) is 0.417. The molecule has 0 unspecified atom stereocenters. The van der Waals surface area contributed by atoms with Crippen LogP contribution in [0.4, 0.5) is 11.9 Å². The summed E-state index contributed by atoms with van der Waals surface area (Å²) in [6.45, 7) is 6.53. The van der Waals surface area contributed by atoms with E-state index in [1.165, 1.54) is 0 Å². The summed E-state index contributed by atoms with van der Waals surface area (Å²) < 4.78 is 5.21. The summed E-state index contributed by atoms with van der Waals surface area (Å²) in [5.41, 5.74) is -0.150. The average molecular weight is 282 g/mol. The van der Waals surface area contributed by atoms with Crippen LogP contribution in [0.1, 0.15) is 26.5 Å². The third kappa shape index (κ3) is 4.40. The molecule has 0 aliphatic heterocycles. The monoisotopic (exact) mass is 281 g/mol. The zero-order valence-electron chi connectivity index (χ0n) is 11.1. The Morgan fingerprint density at radius 3 is 2.58 bits per heavy atom. The van der Waals surface area contributed by atoms with E-state index in [2.05, 4.69) is 25.6 Å². The molecule has 0 aliphatic carbocycles. The van der Waals surface area contributed by atoms with Crippen molar-refractivity contribution in [3.05, 3.63) is 29.4 Å². The lowest BCUT2D eigenvalue weighted by atomic mass is 10.1. The minimum atomic E-state index is -0.150. The van der Waals surface area contributed by atoms with Crippen LogP contribution in [-0.2, 0) is 6.54 Å². The predicted octanol–water partition coefficient (Wildman–Crippen LogP) is 2.94. The van der Waals surface area contributed by atoms with Crippen molar-refractivity contribution in [2.45, 2.75) is 32.9 Å². The second-order valence-electron chi connectivity index (χ2n) is 5.06. The van der Waals surface area contributed by atoms with E-state index >= 15 is 0 Å². The van der Waals surface area contributed by atoms with Gasteiger partial charge in [0.1, 0.15) is 5.76 Å². The number of anilines is 2. The van der Waals surface area contributed by atoms with Crippen molar-refractivity contribution in [3.8, 4) is 0 Å². The van der Waals surface area contributed by atoms with E-state index in [9.17, 15) is 0 Å². The Balaban J connectivity index is 2.08. The molecule has 19 heavy (non-hydrogen) atoms. The molecule has 6 nitrogen and oxygen atoms in total. The number of halogens is 1. The van der Waals surface area contributed by atoms with Gasteiger partial charge < -0.3 is 15.1 Å². The van der Waals surface area contributed by atoms with Crippen molar-refractivity contribution in [2.75, 3.05) is 10.6 Å². The molecule has 102 valence electrons. The summed E-state index contributed by atoms with van der Waals surface area (Å²) in [4.78, 5) is 12.3. The van der Waals surface area contributed by atoms with Gasteiger partial charge in [-0.3, -0.25) is 0 Å². The molecule has 0 aromatic carbocycles. The molecule has 0 radical (unpaired) electrons. The van der Waals surface area contributed by atoms with E-state index in [4.69, 9.17) is 16.0 Å². The summed E-state index contributed by atoms with van der Waals surface area (Å²) in [6, 6.07) is 3.69. The first-order valence-electron chi connectivity index (χ1n) is 5.88. The third-order valence-electron chi connectivity index (χ3n) is 2.10. The zero-order chi connectivity index (χ0) is 13.9. The molecule has 0 fully saturated rings. The number of nitrogens with zero attached hydrogens (tertiary/aromatic N) is 3. The average Bonchev–Trinajstić information content (AvgIpc) is 2.75. The number of furan rings is 1. The molecule has 2 heterocycles. The Morgan fingerprint density at radius 2 is 1.95 bits per heavy atom. The van der Waals surface area contributed by atoms with E-state index in [1.807, 2.05) is 32.9 Å². The fourth-order valence-corrected chi connectivity index (χ4v) is 1.56. The zero-order valence-corrected chi connectivity index (χ0v) is 11.8. The summed E-state index contributed by atoms with van der Waals surface area (Å²) in [5.74, 6) is 1.64. The molecule has 2 N–H and O–H groups in total. The highest BCUT2D eigenvalue weighted by molar-refractivity contribution is 6.28. The normalized spacial score (nSPS) is 11.4. The Kier molecular flexibility index (Phi) is 3.90. The molecule has 0 atom stereocenters. The predicted molar refractivity (Wildman–Crippen MR) is 74.2 cm³/mol. The van der Waals surface area contributed by atoms with Gasteiger partial charge in [0, 0.05) is 5.54 Å². The molecule has 0 amide bonds. The fourth-order valence-electron chi connectivity index (χ4n) is 1.40. The first-order chi connectivity index (χ1) is 8.92. The van der Waals surface area contributed by atoms with Crippen molar-refractivity contribution < 1.29 is 4.42 Å². The second-order valence-corrected chi connectivity index (χ2v) is 5.40. The number of aromatic nitrogens is 3. The van der Waals surface area contributed by atoms with Gasteiger partial charge in [0.15, 0.2) is 0 Å². The molecule has 2 aromatic heterocycles. The highest BCUT2D eigenvalue weighted by atomic mass is 35.5. The number of rotatable bonds is 4. The van der Waals surface area contributed by atoms with Gasteiger partial charge in [-0.25, -0.2) is 0 Å². The van der Waals surface area contributed by atoms with Crippen molar-refractivity contribution >= 4 is 23.5 Å². The van der Waals surface area contributed by atoms with E-state index in [-0.39, 0.29) is 10.8 Å². The first-order valence-corrected chi connectivity index (χ1v) is 6.26. The summed E-state index contributed by atoms with van der Waals surface area (Å²) in [5, 5.41) is 6.32. The highest BCUT2D eigenvalue weighted by Crippen LogP contribution is 2.14. The SMILES string of the molecule is CC(C)(C)Nc1nc(Cl)nc(NCc2ccco2)n1. The van der Waals surface area contributed by atoms with E-state index in [0.717, 1.165) is 5.76 Å². The third-order valence-corrected chi connectivity index (χ3v) is 2.26. The number of hydrogen-bond donors (Lipinski definition) is 2. The maximum atomic E-state index is 5.87. The van der Waals surface area contributed by atoms with Gasteiger partial charge >= 0.3 is 0 Å². The van der Waals surface area contributed by atoms with Gasteiger partial charge in [0.2, 0.25) is 17.2 Å². The first kappa shape index (κ1) is 13.6. The van der Waals surface area contributed by atoms with Crippen LogP contribution in [-0.4, -0.2) is 20.5 Å². The molecule has 2 aromatic rings. The molecule has 0 aliphatic rings. The van der Waals surface area contributed by atoms with Gasteiger partial charge in [-0.2, -0.15) is 15.0 Å². The highest BCUT2D eigenvalue weighted by Gasteiger charge is 2.13. The molecule has 0 bridgehead atoms. The van der Waals surface area contributed by atoms with Crippen LogP contribution in [0.3, 0.4) is 0 Å². The quantitative estimate of drug-likeness (QED) is 0.897. The maximum absolute atomic E-state index is 5.87. The number of hydrogen-bond acceptors (Lipinski definition) is 6. The molecular formula is C12H16ClN5O. The number of nitrogens with one attached hydrogen (secondary N) is 2. The van der Waals surface area contributed by atoms with Gasteiger partial charge in [-0.15, -0.1) is 0 Å². The minimum Gasteiger partial charge on any atom is -0.467 e. The van der Waals surface area contributed by atoms with Crippen molar-refractivity contribution in [1.29, 1.82) is 0 Å². The molecule has 2 rings (SSSR count). The Labute approximate surface area is 116 Å². The van der Waals surface area contributed by atoms with E-state index < -0.39 is 0 Å². The molecule has 0 saturated carbocycles. The van der Waals surface area contributed by atoms with Crippen LogP contribution in [0, 0.1) is 0 Å². The van der Waals surface area contributed by atoms with Crippen LogP contribution in [0.25, 0.3) is 0 Å². The Morgan fingerprint density at radius 1 is 1.21 bits per heavy atom. The molecular weight excluding hydrogens is 266 g/mol. The minimum absolute atomic E-state index is 0.142. The smallest absolute Gasteiger partial charge is 0.229 e. The molecule has 7 heteroatoms. The van der Waals surface area contributed by atoms with Crippen LogP contribution >= 0.6 is 11.6 Å². The van der Waals surface area contributed by atoms with E-state index in [0.29, 0.717) is 18.4 Å². The van der Waals surface area contributed by atoms with Crippen LogP contribution in [0.15, 0.2) is 22.8 Å². The second kappa shape index (κ2) is 5.44. The summed E-state index contributed by atoms with van der Waals surface area (Å²) in [7, 11) is 0. The van der Waals surface area contributed by atoms with Crippen molar-refractivity contribution in [2.24, 2.45) is 0 Å². The van der Waals surface area contributed by atoms with Gasteiger partial charge in [0.05, 0.1) is 12.8 Å². The topological polar surface area (TPSA) is 75.9 Å².